The van der Waals surface area contributed by atoms with Crippen LogP contribution in [0.1, 0.15) is 32.8 Å². The number of hydrogen-bond donors (Lipinski definition) is 2. The van der Waals surface area contributed by atoms with Gasteiger partial charge in [-0.3, -0.25) is 4.79 Å². The second-order valence-corrected chi connectivity index (χ2v) is 5.31. The number of nitrogens with two attached hydrogens (primary N) is 1. The Bertz CT molecular complexity index is 419. The lowest BCUT2D eigenvalue weighted by atomic mass is 10.0. The normalized spacial score (nSPS) is 12.2. The van der Waals surface area contributed by atoms with E-state index in [1.54, 1.807) is 0 Å². The Morgan fingerprint density at radius 3 is 2.80 bits per heavy atom. The number of nitrogens with one attached hydrogen (secondary N) is 1. The molecule has 0 aliphatic heterocycles. The molecule has 0 heterocycles. The average Bonchev–Trinajstić information content (AvgIpc) is 2.44. The van der Waals surface area contributed by atoms with Gasteiger partial charge in [-0.25, -0.2) is 0 Å². The van der Waals surface area contributed by atoms with Crippen LogP contribution in [0.4, 0.5) is 0 Å². The molecule has 4 nitrogen and oxygen atoms in total. The number of rotatable bonds is 8. The van der Waals surface area contributed by atoms with Crippen molar-refractivity contribution in [3.8, 4) is 5.75 Å². The minimum Gasteiger partial charge on any atom is -0.494 e. The van der Waals surface area contributed by atoms with Crippen molar-refractivity contribution in [1.82, 2.24) is 5.32 Å². The summed E-state index contributed by atoms with van der Waals surface area (Å²) in [5.41, 5.74) is 6.94. The predicted octanol–water partition coefficient (Wildman–Crippen LogP) is 2.12. The summed E-state index contributed by atoms with van der Waals surface area (Å²) >= 11 is 0. The average molecular weight is 278 g/mol. The lowest BCUT2D eigenvalue weighted by molar-refractivity contribution is -0.123. The van der Waals surface area contributed by atoms with E-state index in [0.29, 0.717) is 6.54 Å². The third-order valence-electron chi connectivity index (χ3n) is 3.11. The topological polar surface area (TPSA) is 64.3 Å². The molecule has 0 spiro atoms. The van der Waals surface area contributed by atoms with Crippen molar-refractivity contribution < 1.29 is 9.53 Å². The fourth-order valence-electron chi connectivity index (χ4n) is 1.76. The van der Waals surface area contributed by atoms with E-state index in [1.165, 1.54) is 0 Å². The first-order valence-corrected chi connectivity index (χ1v) is 7.29. The number of ether oxygens (including phenoxy) is 1. The molecule has 1 amide bonds. The van der Waals surface area contributed by atoms with E-state index in [4.69, 9.17) is 10.5 Å². The van der Waals surface area contributed by atoms with Crippen molar-refractivity contribution in [3.63, 3.8) is 0 Å². The zero-order chi connectivity index (χ0) is 15.0. The van der Waals surface area contributed by atoms with Crippen molar-refractivity contribution in [2.24, 2.45) is 11.7 Å². The van der Waals surface area contributed by atoms with Crippen LogP contribution in [-0.2, 0) is 11.2 Å². The highest BCUT2D eigenvalue weighted by Crippen LogP contribution is 2.13. The highest BCUT2D eigenvalue weighted by Gasteiger charge is 2.16. The van der Waals surface area contributed by atoms with Gasteiger partial charge in [0.2, 0.25) is 5.91 Å². The van der Waals surface area contributed by atoms with Crippen molar-refractivity contribution in [2.75, 3.05) is 13.2 Å². The van der Waals surface area contributed by atoms with Crippen molar-refractivity contribution >= 4 is 5.91 Å². The predicted molar refractivity (Wildman–Crippen MR) is 81.8 cm³/mol. The van der Waals surface area contributed by atoms with Crippen LogP contribution in [0.5, 0.6) is 5.75 Å². The van der Waals surface area contributed by atoms with Gasteiger partial charge in [-0.15, -0.1) is 0 Å². The molecule has 0 radical (unpaired) electrons. The van der Waals surface area contributed by atoms with E-state index in [2.05, 4.69) is 12.2 Å². The number of carbonyl (C=O) groups excluding carboxylic acids is 1. The first-order chi connectivity index (χ1) is 9.54. The highest BCUT2D eigenvalue weighted by atomic mass is 16.5. The molecule has 112 valence electrons. The summed E-state index contributed by atoms with van der Waals surface area (Å²) in [6.07, 6.45) is 1.77. The third-order valence-corrected chi connectivity index (χ3v) is 3.11. The molecule has 0 aliphatic rings. The van der Waals surface area contributed by atoms with Crippen LogP contribution in [0.2, 0.25) is 0 Å². The number of amides is 1. The molecule has 0 saturated carbocycles. The smallest absolute Gasteiger partial charge is 0.237 e. The highest BCUT2D eigenvalue weighted by molar-refractivity contribution is 5.81. The summed E-state index contributed by atoms with van der Waals surface area (Å²) in [5.74, 6) is 0.953. The van der Waals surface area contributed by atoms with E-state index < -0.39 is 6.04 Å². The van der Waals surface area contributed by atoms with Gasteiger partial charge in [0, 0.05) is 6.54 Å². The summed E-state index contributed by atoms with van der Waals surface area (Å²) in [6, 6.07) is 7.54. The Hall–Kier alpha value is -1.55. The zero-order valence-electron chi connectivity index (χ0n) is 12.7. The van der Waals surface area contributed by atoms with Crippen LogP contribution in [0.15, 0.2) is 24.3 Å². The van der Waals surface area contributed by atoms with Crippen LogP contribution in [0.25, 0.3) is 0 Å². The Morgan fingerprint density at radius 1 is 1.40 bits per heavy atom. The first kappa shape index (κ1) is 16.5. The Morgan fingerprint density at radius 2 is 2.15 bits per heavy atom. The van der Waals surface area contributed by atoms with Gasteiger partial charge in [-0.2, -0.15) is 0 Å². The van der Waals surface area contributed by atoms with Crippen LogP contribution >= 0.6 is 0 Å². The molecule has 0 aromatic heterocycles. The van der Waals surface area contributed by atoms with Crippen molar-refractivity contribution in [1.29, 1.82) is 0 Å². The standard InChI is InChI=1S/C16H26N2O2/c1-4-10-20-14-7-5-6-13(11-14)8-9-18-16(19)15(17)12(2)3/h5-7,11-12,15H,4,8-10,17H2,1-3H3,(H,18,19)/t15-/m0/s1. The number of carbonyl (C=O) groups is 1. The SMILES string of the molecule is CCCOc1cccc(CCNC(=O)[C@@H](N)C(C)C)c1. The largest absolute Gasteiger partial charge is 0.494 e. The van der Waals surface area contributed by atoms with E-state index in [0.717, 1.165) is 30.8 Å². The molecule has 4 heteroatoms. The molecule has 1 aromatic rings. The maximum atomic E-state index is 11.7. The Kier molecular flexibility index (Phi) is 7.09. The van der Waals surface area contributed by atoms with E-state index in [9.17, 15) is 4.79 Å². The summed E-state index contributed by atoms with van der Waals surface area (Å²) in [5, 5.41) is 2.87. The monoisotopic (exact) mass is 278 g/mol. The molecule has 1 atom stereocenters. The molecule has 3 N–H and O–H groups in total. The van der Waals surface area contributed by atoms with Gasteiger partial charge in [0.15, 0.2) is 0 Å². The third kappa shape index (κ3) is 5.61. The molecule has 0 bridgehead atoms. The van der Waals surface area contributed by atoms with Crippen molar-refractivity contribution in [2.45, 2.75) is 39.7 Å². The molecule has 0 saturated heterocycles. The second kappa shape index (κ2) is 8.59. The zero-order valence-corrected chi connectivity index (χ0v) is 12.7. The molecule has 1 rings (SSSR count). The summed E-state index contributed by atoms with van der Waals surface area (Å²) < 4.78 is 5.59. The maximum Gasteiger partial charge on any atom is 0.237 e. The van der Waals surface area contributed by atoms with E-state index in [-0.39, 0.29) is 11.8 Å². The summed E-state index contributed by atoms with van der Waals surface area (Å²) in [7, 11) is 0. The summed E-state index contributed by atoms with van der Waals surface area (Å²) in [6.45, 7) is 7.29. The lowest BCUT2D eigenvalue weighted by Gasteiger charge is -2.15. The van der Waals surface area contributed by atoms with Gasteiger partial charge in [0.25, 0.3) is 0 Å². The van der Waals surface area contributed by atoms with Crippen LogP contribution in [0.3, 0.4) is 0 Å². The van der Waals surface area contributed by atoms with Gasteiger partial charge >= 0.3 is 0 Å². The fraction of sp³-hybridized carbons (Fsp3) is 0.562. The number of benzene rings is 1. The summed E-state index contributed by atoms with van der Waals surface area (Å²) in [4.78, 5) is 11.7. The van der Waals surface area contributed by atoms with Crippen molar-refractivity contribution in [3.05, 3.63) is 29.8 Å². The molecule has 20 heavy (non-hydrogen) atoms. The van der Waals surface area contributed by atoms with Gasteiger partial charge in [0.1, 0.15) is 5.75 Å². The van der Waals surface area contributed by atoms with Crippen LogP contribution in [-0.4, -0.2) is 25.1 Å². The van der Waals surface area contributed by atoms with Crippen LogP contribution in [0, 0.1) is 5.92 Å². The minimum atomic E-state index is -0.436. The quantitative estimate of drug-likeness (QED) is 0.765. The fourth-order valence-corrected chi connectivity index (χ4v) is 1.76. The molecule has 1 aromatic carbocycles. The molecule has 0 aliphatic carbocycles. The molecule has 0 unspecified atom stereocenters. The minimum absolute atomic E-state index is 0.0848. The maximum absolute atomic E-state index is 11.7. The number of hydrogen-bond acceptors (Lipinski definition) is 3. The van der Waals surface area contributed by atoms with Gasteiger partial charge in [-0.05, 0) is 36.5 Å². The van der Waals surface area contributed by atoms with Crippen LogP contribution < -0.4 is 15.8 Å². The Labute approximate surface area is 121 Å². The van der Waals surface area contributed by atoms with E-state index in [1.807, 2.05) is 38.1 Å². The van der Waals surface area contributed by atoms with Gasteiger partial charge in [-0.1, -0.05) is 32.9 Å². The molecular formula is C16H26N2O2. The van der Waals surface area contributed by atoms with Gasteiger partial charge < -0.3 is 15.8 Å². The van der Waals surface area contributed by atoms with E-state index >= 15 is 0 Å². The molecular weight excluding hydrogens is 252 g/mol. The Balaban J connectivity index is 2.40. The van der Waals surface area contributed by atoms with Gasteiger partial charge in [0.05, 0.1) is 12.6 Å². The first-order valence-electron chi connectivity index (χ1n) is 7.29. The molecule has 0 fully saturated rings. The lowest BCUT2D eigenvalue weighted by Crippen LogP contribution is -2.44. The second-order valence-electron chi connectivity index (χ2n) is 5.31.